The predicted molar refractivity (Wildman–Crippen MR) is 127 cm³/mol. The van der Waals surface area contributed by atoms with E-state index >= 15 is 0 Å². The third-order valence-electron chi connectivity index (χ3n) is 6.71. The van der Waals surface area contributed by atoms with Crippen LogP contribution < -0.4 is 5.32 Å². The molecule has 2 saturated heterocycles. The average Bonchev–Trinajstić information content (AvgIpc) is 3.39. The molecule has 182 valence electrons. The Bertz CT molecular complexity index is 1040. The summed E-state index contributed by atoms with van der Waals surface area (Å²) >= 11 is 1.46. The number of rotatable bonds is 8. The van der Waals surface area contributed by atoms with E-state index in [4.69, 9.17) is 0 Å². The van der Waals surface area contributed by atoms with E-state index in [1.165, 1.54) is 28.4 Å². The molecule has 34 heavy (non-hydrogen) atoms. The zero-order valence-corrected chi connectivity index (χ0v) is 20.3. The fraction of sp³-hybridized carbons (Fsp3) is 0.500. The summed E-state index contributed by atoms with van der Waals surface area (Å²) in [5.41, 5.74) is 1.97. The van der Waals surface area contributed by atoms with Gasteiger partial charge in [-0.05, 0) is 50.6 Å². The fourth-order valence-electron chi connectivity index (χ4n) is 4.87. The van der Waals surface area contributed by atoms with Crippen molar-refractivity contribution >= 4 is 29.2 Å². The second-order valence-electron chi connectivity index (χ2n) is 9.28. The molecule has 1 aromatic heterocycles. The Kier molecular flexibility index (Phi) is 7.27. The first-order chi connectivity index (χ1) is 16.3. The number of benzene rings is 1. The summed E-state index contributed by atoms with van der Waals surface area (Å²) in [7, 11) is 3.77. The Morgan fingerprint density at radius 3 is 2.71 bits per heavy atom. The maximum atomic E-state index is 13.9. The quantitative estimate of drug-likeness (QED) is 0.577. The number of amides is 4. The number of aromatic nitrogens is 1. The second-order valence-corrected chi connectivity index (χ2v) is 10.00. The maximum Gasteiger partial charge on any atom is 0.325 e. The standard InChI is InChI=1S/C24H30FN5O3S/c1-28(2)10-11-30-22(32)24(27-23(30)33,14-17-4-3-5-19(25)12-17)18-6-8-29(9-7-18)21(31)13-20-15-34-16-26-20/h3-5,12,15-16,18H,6-11,13-14H2,1-2H3,(H,27,33)/t24-/m1/s1. The number of likely N-dealkylation sites (tertiary alicyclic amines) is 1. The number of nitrogens with one attached hydrogen (secondary N) is 1. The van der Waals surface area contributed by atoms with Crippen molar-refractivity contribution in [3.8, 4) is 0 Å². The fourth-order valence-corrected chi connectivity index (χ4v) is 5.43. The third-order valence-corrected chi connectivity index (χ3v) is 7.34. The lowest BCUT2D eigenvalue weighted by atomic mass is 9.74. The first kappa shape index (κ1) is 24.3. The third kappa shape index (κ3) is 5.12. The van der Waals surface area contributed by atoms with E-state index in [-0.39, 0.29) is 42.9 Å². The lowest BCUT2D eigenvalue weighted by Gasteiger charge is -2.41. The van der Waals surface area contributed by atoms with Gasteiger partial charge in [-0.15, -0.1) is 11.3 Å². The van der Waals surface area contributed by atoms with Crippen molar-refractivity contribution in [2.45, 2.75) is 31.2 Å². The molecule has 2 aliphatic heterocycles. The van der Waals surface area contributed by atoms with Gasteiger partial charge in [-0.1, -0.05) is 12.1 Å². The number of hydrogen-bond donors (Lipinski definition) is 1. The molecule has 0 bridgehead atoms. The first-order valence-corrected chi connectivity index (χ1v) is 12.4. The number of hydrogen-bond acceptors (Lipinski definition) is 6. The largest absolute Gasteiger partial charge is 0.342 e. The molecule has 4 rings (SSSR count). The predicted octanol–water partition coefficient (Wildman–Crippen LogP) is 2.16. The number of halogens is 1. The minimum absolute atomic E-state index is 0.0120. The SMILES string of the molecule is CN(C)CCN1C(=O)N[C@](Cc2cccc(F)c2)(C2CCN(C(=O)Cc3cscn3)CC2)C1=O. The molecule has 8 nitrogen and oxygen atoms in total. The molecule has 0 saturated carbocycles. The molecule has 0 unspecified atom stereocenters. The minimum Gasteiger partial charge on any atom is -0.342 e. The van der Waals surface area contributed by atoms with Crippen LogP contribution in [0.2, 0.25) is 0 Å². The number of carbonyl (C=O) groups excluding carboxylic acids is 3. The van der Waals surface area contributed by atoms with Gasteiger partial charge in [0, 0.05) is 38.0 Å². The van der Waals surface area contributed by atoms with E-state index in [0.717, 1.165) is 5.69 Å². The smallest absolute Gasteiger partial charge is 0.325 e. The molecule has 1 aromatic carbocycles. The molecular weight excluding hydrogens is 457 g/mol. The van der Waals surface area contributed by atoms with Crippen molar-refractivity contribution in [2.75, 3.05) is 40.3 Å². The van der Waals surface area contributed by atoms with Gasteiger partial charge in [0.1, 0.15) is 11.4 Å². The van der Waals surface area contributed by atoms with Gasteiger partial charge in [0.25, 0.3) is 5.91 Å². The van der Waals surface area contributed by atoms with Gasteiger partial charge >= 0.3 is 6.03 Å². The van der Waals surface area contributed by atoms with Crippen molar-refractivity contribution in [1.29, 1.82) is 0 Å². The zero-order chi connectivity index (χ0) is 24.3. The zero-order valence-electron chi connectivity index (χ0n) is 19.5. The maximum absolute atomic E-state index is 13.9. The monoisotopic (exact) mass is 487 g/mol. The van der Waals surface area contributed by atoms with E-state index < -0.39 is 11.6 Å². The van der Waals surface area contributed by atoms with Crippen molar-refractivity contribution in [3.05, 3.63) is 52.2 Å². The number of nitrogens with zero attached hydrogens (tertiary/aromatic N) is 4. The van der Waals surface area contributed by atoms with Gasteiger partial charge in [0.05, 0.1) is 17.6 Å². The van der Waals surface area contributed by atoms with Crippen LogP contribution in [0.4, 0.5) is 9.18 Å². The first-order valence-electron chi connectivity index (χ1n) is 11.5. The van der Waals surface area contributed by atoms with Gasteiger partial charge < -0.3 is 15.1 Å². The van der Waals surface area contributed by atoms with Gasteiger partial charge in [-0.2, -0.15) is 0 Å². The van der Waals surface area contributed by atoms with Crippen LogP contribution in [0, 0.1) is 11.7 Å². The van der Waals surface area contributed by atoms with Crippen LogP contribution in [-0.2, 0) is 22.4 Å². The van der Waals surface area contributed by atoms with Gasteiger partial charge in [0.2, 0.25) is 5.91 Å². The average molecular weight is 488 g/mol. The minimum atomic E-state index is -1.15. The van der Waals surface area contributed by atoms with Crippen LogP contribution >= 0.6 is 11.3 Å². The lowest BCUT2D eigenvalue weighted by molar-refractivity contribution is -0.135. The van der Waals surface area contributed by atoms with Crippen molar-refractivity contribution < 1.29 is 18.8 Å². The number of likely N-dealkylation sites (N-methyl/N-ethyl adjacent to an activating group) is 1. The molecule has 0 radical (unpaired) electrons. The van der Waals surface area contributed by atoms with Gasteiger partial charge in [-0.3, -0.25) is 14.5 Å². The summed E-state index contributed by atoms with van der Waals surface area (Å²) in [6, 6.07) is 5.75. The summed E-state index contributed by atoms with van der Waals surface area (Å²) in [5.74, 6) is -0.801. The molecule has 0 aliphatic carbocycles. The van der Waals surface area contributed by atoms with Crippen molar-refractivity contribution in [1.82, 2.24) is 25.0 Å². The van der Waals surface area contributed by atoms with Gasteiger partial charge in [0.15, 0.2) is 0 Å². The van der Waals surface area contributed by atoms with Crippen LogP contribution in [0.15, 0.2) is 35.2 Å². The molecule has 4 amide bonds. The molecule has 0 spiro atoms. The molecular formula is C24H30FN5O3S. The highest BCUT2D eigenvalue weighted by molar-refractivity contribution is 7.07. The molecule has 1 N–H and O–H groups in total. The molecule has 1 atom stereocenters. The summed E-state index contributed by atoms with van der Waals surface area (Å²) < 4.78 is 13.9. The van der Waals surface area contributed by atoms with E-state index in [1.807, 2.05) is 24.4 Å². The lowest BCUT2D eigenvalue weighted by Crippen LogP contribution is -2.58. The Hall–Kier alpha value is -2.85. The van der Waals surface area contributed by atoms with Crippen molar-refractivity contribution in [3.63, 3.8) is 0 Å². The molecule has 10 heteroatoms. The van der Waals surface area contributed by atoms with E-state index in [0.29, 0.717) is 38.0 Å². The molecule has 3 heterocycles. The molecule has 2 aromatic rings. The number of carbonyl (C=O) groups is 3. The van der Waals surface area contributed by atoms with Crippen LogP contribution in [-0.4, -0.2) is 83.3 Å². The topological polar surface area (TPSA) is 85.8 Å². The van der Waals surface area contributed by atoms with Crippen molar-refractivity contribution in [2.24, 2.45) is 5.92 Å². The number of urea groups is 1. The van der Waals surface area contributed by atoms with Crippen LogP contribution in [0.5, 0.6) is 0 Å². The highest BCUT2D eigenvalue weighted by Gasteiger charge is 2.55. The summed E-state index contributed by atoms with van der Waals surface area (Å²) in [6.45, 7) is 1.84. The van der Waals surface area contributed by atoms with Crippen LogP contribution in [0.25, 0.3) is 0 Å². The number of piperidine rings is 1. The van der Waals surface area contributed by atoms with E-state index in [2.05, 4.69) is 10.3 Å². The van der Waals surface area contributed by atoms with Crippen LogP contribution in [0.3, 0.4) is 0 Å². The van der Waals surface area contributed by atoms with Gasteiger partial charge in [-0.25, -0.2) is 14.2 Å². The number of thiazole rings is 1. The Balaban J connectivity index is 1.52. The summed E-state index contributed by atoms with van der Waals surface area (Å²) in [4.78, 5) is 48.5. The van der Waals surface area contributed by atoms with E-state index in [9.17, 15) is 18.8 Å². The molecule has 2 fully saturated rings. The second kappa shape index (κ2) is 10.2. The normalized spacial score (nSPS) is 21.4. The summed E-state index contributed by atoms with van der Waals surface area (Å²) in [6.07, 6.45) is 1.62. The Morgan fingerprint density at radius 2 is 2.06 bits per heavy atom. The van der Waals surface area contributed by atoms with Crippen LogP contribution in [0.1, 0.15) is 24.1 Å². The Morgan fingerprint density at radius 1 is 1.29 bits per heavy atom. The van der Waals surface area contributed by atoms with E-state index in [1.54, 1.807) is 22.5 Å². The highest BCUT2D eigenvalue weighted by Crippen LogP contribution is 2.36. The summed E-state index contributed by atoms with van der Waals surface area (Å²) in [5, 5.41) is 4.86. The molecule has 2 aliphatic rings. The Labute approximate surface area is 202 Å². The highest BCUT2D eigenvalue weighted by atomic mass is 32.1. The number of imide groups is 1.